The molecule has 3 N–H and O–H groups in total. The Balaban J connectivity index is 1.56. The number of aromatic nitrogens is 4. The largest absolute Gasteiger partial charge is 0.404 e. The molecule has 0 spiro atoms. The van der Waals surface area contributed by atoms with Gasteiger partial charge >= 0.3 is 0 Å². The number of allylic oxidation sites excluding steroid dienone is 1. The summed E-state index contributed by atoms with van der Waals surface area (Å²) in [4.78, 5) is 16.2. The standard InChI is InChI=1S/C23H28N8/c1-15(2)16-9-23(30-27-13-16)29-22-5-4-20-21(28-22)8-17(11-26-20)18(10-24)12-25-19-6-7-31(3)14-19/h4-5,8-13,15,19H,6-7,14,24H2,1-3H3,(H,28,29,30)/t19-/m0/s1. The second-order valence-electron chi connectivity index (χ2n) is 8.22. The lowest BCUT2D eigenvalue weighted by atomic mass is 10.1. The van der Waals surface area contributed by atoms with Crippen LogP contribution < -0.4 is 11.1 Å². The Labute approximate surface area is 182 Å². The molecule has 8 heteroatoms. The minimum Gasteiger partial charge on any atom is -0.404 e. The summed E-state index contributed by atoms with van der Waals surface area (Å²) in [6.45, 7) is 6.30. The fourth-order valence-corrected chi connectivity index (χ4v) is 3.56. The number of nitrogens with zero attached hydrogens (tertiary/aromatic N) is 6. The van der Waals surface area contributed by atoms with Crippen molar-refractivity contribution in [1.82, 2.24) is 25.1 Å². The summed E-state index contributed by atoms with van der Waals surface area (Å²) >= 11 is 0. The molecule has 0 amide bonds. The number of likely N-dealkylation sites (N-methyl/N-ethyl adjacent to an activating group) is 1. The van der Waals surface area contributed by atoms with Gasteiger partial charge in [-0.15, -0.1) is 5.10 Å². The molecule has 0 aliphatic carbocycles. The number of aliphatic imine (C=N–C) groups is 1. The number of fused-ring (bicyclic) bond motifs is 1. The molecule has 3 aromatic rings. The molecule has 0 unspecified atom stereocenters. The predicted molar refractivity (Wildman–Crippen MR) is 126 cm³/mol. The number of rotatable bonds is 6. The Bertz CT molecular complexity index is 1120. The van der Waals surface area contributed by atoms with Gasteiger partial charge in [0.1, 0.15) is 5.82 Å². The van der Waals surface area contributed by atoms with Crippen molar-refractivity contribution in [2.45, 2.75) is 32.2 Å². The zero-order valence-corrected chi connectivity index (χ0v) is 18.2. The van der Waals surface area contributed by atoms with Crippen LogP contribution >= 0.6 is 0 Å². The number of pyridine rings is 2. The monoisotopic (exact) mass is 416 g/mol. The second-order valence-corrected chi connectivity index (χ2v) is 8.22. The first-order chi connectivity index (χ1) is 15.0. The molecule has 1 saturated heterocycles. The van der Waals surface area contributed by atoms with Crippen LogP contribution in [0.4, 0.5) is 11.6 Å². The quantitative estimate of drug-likeness (QED) is 0.594. The molecule has 0 saturated carbocycles. The van der Waals surface area contributed by atoms with Crippen molar-refractivity contribution in [2.75, 3.05) is 25.5 Å². The fourth-order valence-electron chi connectivity index (χ4n) is 3.56. The molecular weight excluding hydrogens is 388 g/mol. The molecule has 1 aliphatic rings. The zero-order chi connectivity index (χ0) is 21.8. The van der Waals surface area contributed by atoms with Crippen LogP contribution in [0.2, 0.25) is 0 Å². The highest BCUT2D eigenvalue weighted by Crippen LogP contribution is 2.22. The highest BCUT2D eigenvalue weighted by Gasteiger charge is 2.17. The van der Waals surface area contributed by atoms with E-state index in [2.05, 4.69) is 46.3 Å². The molecule has 3 aromatic heterocycles. The molecule has 0 aromatic carbocycles. The number of hydrogen-bond donors (Lipinski definition) is 2. The van der Waals surface area contributed by atoms with Gasteiger partial charge in [0.05, 0.1) is 23.3 Å². The highest BCUT2D eigenvalue weighted by molar-refractivity contribution is 6.10. The molecule has 4 heterocycles. The second kappa shape index (κ2) is 9.18. The van der Waals surface area contributed by atoms with E-state index in [9.17, 15) is 0 Å². The van der Waals surface area contributed by atoms with E-state index in [1.54, 1.807) is 18.6 Å². The summed E-state index contributed by atoms with van der Waals surface area (Å²) in [5.41, 5.74) is 10.3. The van der Waals surface area contributed by atoms with E-state index in [4.69, 9.17) is 15.7 Å². The minimum atomic E-state index is 0.310. The molecule has 8 nitrogen and oxygen atoms in total. The maximum Gasteiger partial charge on any atom is 0.154 e. The van der Waals surface area contributed by atoms with Crippen LogP contribution in [0.25, 0.3) is 16.6 Å². The lowest BCUT2D eigenvalue weighted by molar-refractivity contribution is 0.412. The van der Waals surface area contributed by atoms with E-state index in [-0.39, 0.29) is 0 Å². The molecule has 1 atom stereocenters. The molecule has 0 bridgehead atoms. The van der Waals surface area contributed by atoms with E-state index >= 15 is 0 Å². The molecule has 31 heavy (non-hydrogen) atoms. The number of nitrogens with two attached hydrogens (primary N) is 1. The molecule has 160 valence electrons. The predicted octanol–water partition coefficient (Wildman–Crippen LogP) is 3.36. The Kier molecular flexibility index (Phi) is 6.18. The van der Waals surface area contributed by atoms with Crippen LogP contribution in [0.1, 0.15) is 37.3 Å². The van der Waals surface area contributed by atoms with Gasteiger partial charge < -0.3 is 16.0 Å². The molecule has 4 rings (SSSR count). The van der Waals surface area contributed by atoms with Gasteiger partial charge in [-0.05, 0) is 55.8 Å². The van der Waals surface area contributed by atoms with Crippen molar-refractivity contribution >= 4 is 34.5 Å². The van der Waals surface area contributed by atoms with Crippen molar-refractivity contribution in [2.24, 2.45) is 10.7 Å². The fraction of sp³-hybridized carbons (Fsp3) is 0.348. The first kappa shape index (κ1) is 20.9. The number of hydrogen-bond acceptors (Lipinski definition) is 8. The normalized spacial score (nSPS) is 17.8. The van der Waals surface area contributed by atoms with Crippen LogP contribution in [0.3, 0.4) is 0 Å². The lowest BCUT2D eigenvalue weighted by Gasteiger charge is -2.09. The Morgan fingerprint density at radius 1 is 1.23 bits per heavy atom. The summed E-state index contributed by atoms with van der Waals surface area (Å²) in [6, 6.07) is 8.10. The van der Waals surface area contributed by atoms with E-state index in [1.807, 2.05) is 30.5 Å². The third-order valence-corrected chi connectivity index (χ3v) is 5.44. The first-order valence-electron chi connectivity index (χ1n) is 10.5. The highest BCUT2D eigenvalue weighted by atomic mass is 15.2. The van der Waals surface area contributed by atoms with E-state index in [1.165, 1.54) is 0 Å². The number of likely N-dealkylation sites (tertiary alicyclic amines) is 1. The number of anilines is 2. The van der Waals surface area contributed by atoms with Crippen molar-refractivity contribution in [3.63, 3.8) is 0 Å². The van der Waals surface area contributed by atoms with Gasteiger partial charge in [0, 0.05) is 36.3 Å². The van der Waals surface area contributed by atoms with Gasteiger partial charge in [0.15, 0.2) is 5.82 Å². The third kappa shape index (κ3) is 5.03. The topological polar surface area (TPSA) is 105 Å². The van der Waals surface area contributed by atoms with E-state index in [0.717, 1.165) is 47.2 Å². The van der Waals surface area contributed by atoms with Gasteiger partial charge in [-0.25, -0.2) is 4.98 Å². The van der Waals surface area contributed by atoms with Gasteiger partial charge in [0.25, 0.3) is 0 Å². The molecule has 0 radical (unpaired) electrons. The lowest BCUT2D eigenvalue weighted by Crippen LogP contribution is -2.15. The van der Waals surface area contributed by atoms with Crippen LogP contribution in [0.15, 0.2) is 47.9 Å². The van der Waals surface area contributed by atoms with E-state index in [0.29, 0.717) is 23.6 Å². The maximum absolute atomic E-state index is 5.89. The van der Waals surface area contributed by atoms with Crippen LogP contribution in [0, 0.1) is 0 Å². The minimum absolute atomic E-state index is 0.310. The molecular formula is C23H28N8. The van der Waals surface area contributed by atoms with Crippen molar-refractivity contribution < 1.29 is 0 Å². The average molecular weight is 417 g/mol. The van der Waals surface area contributed by atoms with Gasteiger partial charge in [0.2, 0.25) is 0 Å². The summed E-state index contributed by atoms with van der Waals surface area (Å²) in [6.07, 6.45) is 8.08. The summed E-state index contributed by atoms with van der Waals surface area (Å²) in [7, 11) is 2.12. The molecule has 1 fully saturated rings. The van der Waals surface area contributed by atoms with Gasteiger partial charge in [-0.3, -0.25) is 9.98 Å². The zero-order valence-electron chi connectivity index (χ0n) is 18.2. The average Bonchev–Trinajstić information content (AvgIpc) is 3.19. The smallest absolute Gasteiger partial charge is 0.154 e. The summed E-state index contributed by atoms with van der Waals surface area (Å²) in [5.74, 6) is 1.72. The third-order valence-electron chi connectivity index (χ3n) is 5.44. The summed E-state index contributed by atoms with van der Waals surface area (Å²) < 4.78 is 0. The first-order valence-corrected chi connectivity index (χ1v) is 10.5. The Morgan fingerprint density at radius 3 is 2.84 bits per heavy atom. The van der Waals surface area contributed by atoms with Gasteiger partial charge in [-0.2, -0.15) is 5.10 Å². The van der Waals surface area contributed by atoms with Crippen LogP contribution in [-0.2, 0) is 0 Å². The van der Waals surface area contributed by atoms with Crippen molar-refractivity contribution in [3.8, 4) is 0 Å². The Morgan fingerprint density at radius 2 is 2.10 bits per heavy atom. The molecule has 1 aliphatic heterocycles. The number of nitrogens with one attached hydrogen (secondary N) is 1. The maximum atomic E-state index is 5.89. The SMILES string of the molecule is CC(C)c1cnnc(Nc2ccc3ncc(C(C=N[C@H]4CCN(C)C4)=CN)cc3n2)c1. The van der Waals surface area contributed by atoms with Crippen molar-refractivity contribution in [1.29, 1.82) is 0 Å². The van der Waals surface area contributed by atoms with Crippen molar-refractivity contribution in [3.05, 3.63) is 54.0 Å². The van der Waals surface area contributed by atoms with Gasteiger partial charge in [-0.1, -0.05) is 13.8 Å². The van der Waals surface area contributed by atoms with Crippen LogP contribution in [0.5, 0.6) is 0 Å². The Hall–Kier alpha value is -3.39. The summed E-state index contributed by atoms with van der Waals surface area (Å²) in [5, 5.41) is 11.5. The van der Waals surface area contributed by atoms with E-state index < -0.39 is 0 Å². The van der Waals surface area contributed by atoms with Crippen LogP contribution in [-0.4, -0.2) is 57.5 Å².